The summed E-state index contributed by atoms with van der Waals surface area (Å²) < 4.78 is 11.1. The third kappa shape index (κ3) is 3.36. The van der Waals surface area contributed by atoms with Gasteiger partial charge in [-0.25, -0.2) is 4.79 Å². The molecule has 0 fully saturated rings. The Hall–Kier alpha value is -3.93. The Kier molecular flexibility index (Phi) is 4.29. The number of amides is 2. The number of urea groups is 1. The lowest BCUT2D eigenvalue weighted by atomic mass is 10.1. The molecule has 1 aromatic heterocycles. The topological polar surface area (TPSA) is 75.4 Å². The van der Waals surface area contributed by atoms with Crippen LogP contribution >= 0.6 is 0 Å². The molecule has 5 rings (SSSR count). The third-order valence-electron chi connectivity index (χ3n) is 4.81. The Morgan fingerprint density at radius 3 is 2.45 bits per heavy atom. The van der Waals surface area contributed by atoms with Crippen molar-refractivity contribution in [1.82, 2.24) is 4.98 Å². The van der Waals surface area contributed by atoms with Crippen LogP contribution in [0.3, 0.4) is 0 Å². The molecule has 6 nitrogen and oxygen atoms in total. The average molecular weight is 385 g/mol. The Bertz CT molecular complexity index is 1180. The van der Waals surface area contributed by atoms with Crippen LogP contribution in [0.15, 0.2) is 72.8 Å². The van der Waals surface area contributed by atoms with E-state index in [-0.39, 0.29) is 6.03 Å². The highest BCUT2D eigenvalue weighted by molar-refractivity contribution is 6.10. The summed E-state index contributed by atoms with van der Waals surface area (Å²) in [6.45, 7) is 1.03. The number of rotatable bonds is 3. The summed E-state index contributed by atoms with van der Waals surface area (Å²) in [4.78, 5) is 16.2. The highest BCUT2D eigenvalue weighted by Crippen LogP contribution is 2.35. The van der Waals surface area contributed by atoms with Gasteiger partial charge in [-0.1, -0.05) is 48.5 Å². The Labute approximate surface area is 167 Å². The van der Waals surface area contributed by atoms with Gasteiger partial charge in [-0.05, 0) is 18.2 Å². The molecule has 2 heterocycles. The number of nitrogens with one attached hydrogen (secondary N) is 3. The van der Waals surface area contributed by atoms with Crippen LogP contribution in [0.4, 0.5) is 16.2 Å². The second kappa shape index (κ2) is 7.24. The standard InChI is InChI=1S/C23H19N3O3/c27-23(24-16-10-11-19-20(14-16)29-13-12-28-19)26-22-17-8-4-5-9-18(17)25-21(22)15-6-2-1-3-7-15/h1-11,14,25H,12-13H2,(H2,24,26,27). The van der Waals surface area contributed by atoms with Crippen LogP contribution in [0.2, 0.25) is 0 Å². The van der Waals surface area contributed by atoms with E-state index in [1.807, 2.05) is 54.6 Å². The van der Waals surface area contributed by atoms with E-state index in [0.29, 0.717) is 30.4 Å². The van der Waals surface area contributed by atoms with Crippen molar-refractivity contribution in [2.75, 3.05) is 23.8 Å². The van der Waals surface area contributed by atoms with Crippen molar-refractivity contribution in [3.05, 3.63) is 72.8 Å². The molecule has 144 valence electrons. The number of H-pyrrole nitrogens is 1. The lowest BCUT2D eigenvalue weighted by Gasteiger charge is -2.19. The van der Waals surface area contributed by atoms with Crippen molar-refractivity contribution < 1.29 is 14.3 Å². The minimum Gasteiger partial charge on any atom is -0.486 e. The zero-order chi connectivity index (χ0) is 19.6. The minimum absolute atomic E-state index is 0.330. The van der Waals surface area contributed by atoms with Crippen molar-refractivity contribution in [3.63, 3.8) is 0 Å². The minimum atomic E-state index is -0.330. The average Bonchev–Trinajstić information content (AvgIpc) is 3.12. The van der Waals surface area contributed by atoms with Crippen molar-refractivity contribution in [3.8, 4) is 22.8 Å². The van der Waals surface area contributed by atoms with Gasteiger partial charge >= 0.3 is 6.03 Å². The maximum Gasteiger partial charge on any atom is 0.323 e. The van der Waals surface area contributed by atoms with Crippen molar-refractivity contribution in [2.45, 2.75) is 0 Å². The molecule has 0 aliphatic carbocycles. The summed E-state index contributed by atoms with van der Waals surface area (Å²) >= 11 is 0. The summed E-state index contributed by atoms with van der Waals surface area (Å²) in [5.74, 6) is 1.32. The molecule has 0 saturated heterocycles. The predicted molar refractivity (Wildman–Crippen MR) is 114 cm³/mol. The second-order valence-electron chi connectivity index (χ2n) is 6.72. The molecule has 1 aliphatic rings. The number of aromatic nitrogens is 1. The van der Waals surface area contributed by atoms with Crippen LogP contribution in [0.5, 0.6) is 11.5 Å². The zero-order valence-corrected chi connectivity index (χ0v) is 15.6. The van der Waals surface area contributed by atoms with Crippen LogP contribution in [-0.2, 0) is 0 Å². The first-order valence-corrected chi connectivity index (χ1v) is 9.42. The number of carbonyl (C=O) groups excluding carboxylic acids is 1. The van der Waals surface area contributed by atoms with Gasteiger partial charge in [-0.3, -0.25) is 0 Å². The van der Waals surface area contributed by atoms with Crippen LogP contribution in [-0.4, -0.2) is 24.2 Å². The van der Waals surface area contributed by atoms with Gasteiger partial charge < -0.3 is 25.1 Å². The lowest BCUT2D eigenvalue weighted by molar-refractivity contribution is 0.171. The van der Waals surface area contributed by atoms with Gasteiger partial charge in [0.25, 0.3) is 0 Å². The monoisotopic (exact) mass is 385 g/mol. The first kappa shape index (κ1) is 17.2. The third-order valence-corrected chi connectivity index (χ3v) is 4.81. The number of ether oxygens (including phenoxy) is 2. The molecule has 0 radical (unpaired) electrons. The smallest absolute Gasteiger partial charge is 0.323 e. The van der Waals surface area contributed by atoms with Crippen LogP contribution in [0, 0.1) is 0 Å². The van der Waals surface area contributed by atoms with E-state index in [1.165, 1.54) is 0 Å². The highest BCUT2D eigenvalue weighted by atomic mass is 16.6. The summed E-state index contributed by atoms with van der Waals surface area (Å²) in [6, 6.07) is 22.8. The van der Waals surface area contributed by atoms with Gasteiger partial charge in [0.2, 0.25) is 0 Å². The summed E-state index contributed by atoms with van der Waals surface area (Å²) in [7, 11) is 0. The predicted octanol–water partition coefficient (Wildman–Crippen LogP) is 5.25. The van der Waals surface area contributed by atoms with E-state index < -0.39 is 0 Å². The number of fused-ring (bicyclic) bond motifs is 2. The molecular weight excluding hydrogens is 366 g/mol. The Morgan fingerprint density at radius 2 is 1.59 bits per heavy atom. The van der Waals surface area contributed by atoms with Gasteiger partial charge in [0.15, 0.2) is 11.5 Å². The van der Waals surface area contributed by atoms with Crippen LogP contribution < -0.4 is 20.1 Å². The van der Waals surface area contributed by atoms with Gasteiger partial charge in [-0.15, -0.1) is 0 Å². The van der Waals surface area contributed by atoms with E-state index in [9.17, 15) is 4.79 Å². The second-order valence-corrected chi connectivity index (χ2v) is 6.72. The fourth-order valence-electron chi connectivity index (χ4n) is 3.49. The molecular formula is C23H19N3O3. The number of anilines is 2. The number of para-hydroxylation sites is 1. The molecule has 2 amide bonds. The molecule has 4 aromatic rings. The molecule has 1 aliphatic heterocycles. The normalized spacial score (nSPS) is 12.6. The molecule has 0 spiro atoms. The van der Waals surface area contributed by atoms with E-state index in [0.717, 1.165) is 27.8 Å². The molecule has 6 heteroatoms. The molecule has 0 atom stereocenters. The molecule has 29 heavy (non-hydrogen) atoms. The van der Waals surface area contributed by atoms with Gasteiger partial charge in [0.05, 0.1) is 11.4 Å². The fraction of sp³-hybridized carbons (Fsp3) is 0.0870. The summed E-state index contributed by atoms with van der Waals surface area (Å²) in [5, 5.41) is 6.83. The van der Waals surface area contributed by atoms with E-state index in [1.54, 1.807) is 18.2 Å². The number of hydrogen-bond acceptors (Lipinski definition) is 3. The quantitative estimate of drug-likeness (QED) is 0.451. The van der Waals surface area contributed by atoms with Crippen LogP contribution in [0.25, 0.3) is 22.2 Å². The SMILES string of the molecule is O=C(Nc1ccc2c(c1)OCCO2)Nc1c(-c2ccccc2)[nH]c2ccccc12. The maximum absolute atomic E-state index is 12.8. The Morgan fingerprint density at radius 1 is 0.828 bits per heavy atom. The van der Waals surface area contributed by atoms with E-state index in [2.05, 4.69) is 15.6 Å². The number of hydrogen-bond donors (Lipinski definition) is 3. The van der Waals surface area contributed by atoms with Gasteiger partial charge in [-0.2, -0.15) is 0 Å². The van der Waals surface area contributed by atoms with Crippen molar-refractivity contribution in [1.29, 1.82) is 0 Å². The zero-order valence-electron chi connectivity index (χ0n) is 15.6. The molecule has 3 aromatic carbocycles. The van der Waals surface area contributed by atoms with Crippen molar-refractivity contribution >= 4 is 28.3 Å². The number of benzene rings is 3. The molecule has 0 saturated carbocycles. The van der Waals surface area contributed by atoms with Gasteiger partial charge in [0.1, 0.15) is 13.2 Å². The largest absolute Gasteiger partial charge is 0.486 e. The van der Waals surface area contributed by atoms with E-state index >= 15 is 0 Å². The first-order chi connectivity index (χ1) is 14.3. The summed E-state index contributed by atoms with van der Waals surface area (Å²) in [5.41, 5.74) is 4.19. The summed E-state index contributed by atoms with van der Waals surface area (Å²) in [6.07, 6.45) is 0. The maximum atomic E-state index is 12.8. The van der Waals surface area contributed by atoms with Gasteiger partial charge in [0, 0.05) is 28.2 Å². The fourth-order valence-corrected chi connectivity index (χ4v) is 3.49. The molecule has 3 N–H and O–H groups in total. The van der Waals surface area contributed by atoms with Crippen LogP contribution in [0.1, 0.15) is 0 Å². The number of aromatic amines is 1. The highest BCUT2D eigenvalue weighted by Gasteiger charge is 2.17. The first-order valence-electron chi connectivity index (χ1n) is 9.42. The molecule has 0 unspecified atom stereocenters. The molecule has 0 bridgehead atoms. The lowest BCUT2D eigenvalue weighted by Crippen LogP contribution is -2.20. The van der Waals surface area contributed by atoms with E-state index in [4.69, 9.17) is 9.47 Å². The number of carbonyl (C=O) groups is 1. The van der Waals surface area contributed by atoms with Crippen molar-refractivity contribution in [2.24, 2.45) is 0 Å². The Balaban J connectivity index is 1.44.